The first-order valence-electron chi connectivity index (χ1n) is 9.18. The molecular weight excluding hydrogens is 378 g/mol. The molecular formula is C21H31ClN3O3+. The monoisotopic (exact) mass is 408 g/mol. The van der Waals surface area contributed by atoms with Crippen molar-refractivity contribution in [3.8, 4) is 0 Å². The molecule has 7 heteroatoms. The molecule has 154 valence electrons. The van der Waals surface area contributed by atoms with Gasteiger partial charge in [-0.25, -0.2) is 4.79 Å². The second kappa shape index (κ2) is 16.6. The van der Waals surface area contributed by atoms with Crippen molar-refractivity contribution in [3.63, 3.8) is 0 Å². The summed E-state index contributed by atoms with van der Waals surface area (Å²) in [7, 11) is 0. The van der Waals surface area contributed by atoms with Crippen LogP contribution in [-0.2, 0) is 17.9 Å². The highest BCUT2D eigenvalue weighted by atomic mass is 35.5. The summed E-state index contributed by atoms with van der Waals surface area (Å²) in [6, 6.07) is 13.9. The van der Waals surface area contributed by atoms with Gasteiger partial charge in [-0.2, -0.15) is 4.57 Å². The molecule has 0 radical (unpaired) electrons. The van der Waals surface area contributed by atoms with Gasteiger partial charge < -0.3 is 15.8 Å². The number of hydrogen-bond donors (Lipinski definition) is 2. The molecule has 28 heavy (non-hydrogen) atoms. The maximum atomic E-state index is 11.6. The summed E-state index contributed by atoms with van der Waals surface area (Å²) < 4.78 is 6.19. The largest absolute Gasteiger partial charge is 0.409 e. The van der Waals surface area contributed by atoms with E-state index in [0.29, 0.717) is 12.1 Å². The van der Waals surface area contributed by atoms with E-state index in [9.17, 15) is 9.59 Å². The third-order valence-corrected chi connectivity index (χ3v) is 3.43. The van der Waals surface area contributed by atoms with E-state index in [1.807, 2.05) is 6.92 Å². The lowest BCUT2D eigenvalue weighted by molar-refractivity contribution is -0.727. The molecule has 0 aliphatic rings. The number of hydrogen-bond acceptors (Lipinski definition) is 3. The highest BCUT2D eigenvalue weighted by Crippen LogP contribution is 2.00. The number of pyridine rings is 1. The van der Waals surface area contributed by atoms with E-state index in [-0.39, 0.29) is 12.6 Å². The lowest BCUT2D eigenvalue weighted by Gasteiger charge is -2.02. The molecule has 6 nitrogen and oxygen atoms in total. The van der Waals surface area contributed by atoms with Crippen molar-refractivity contribution in [2.75, 3.05) is 12.9 Å². The molecule has 0 aliphatic heterocycles. The third-order valence-electron chi connectivity index (χ3n) is 3.43. The van der Waals surface area contributed by atoms with E-state index in [1.165, 1.54) is 24.8 Å². The number of carbonyl (C=O) groups is 2. The Morgan fingerprint density at radius 3 is 2.14 bits per heavy atom. The molecule has 1 aromatic heterocycles. The Hall–Kier alpha value is -2.60. The van der Waals surface area contributed by atoms with Crippen LogP contribution >= 0.6 is 11.6 Å². The standard InChI is InChI=1S/C11H15N3O3.C9H12.CH3Cl/c1-2-5-13-10(15)9-3-6-14(7-4-9)8-17-11(12)16;1-2-6-9-7-4-3-5-8-9;1-2/h3-4,6-7H,2,5,8H2,1H3,(H2-,12,13,15,16);3-5,7-8H,2,6H2,1H3;1H3/p+1. The van der Waals surface area contributed by atoms with Crippen LogP contribution in [0.15, 0.2) is 54.9 Å². The number of rotatable bonds is 7. The summed E-state index contributed by atoms with van der Waals surface area (Å²) >= 11 is 4.64. The van der Waals surface area contributed by atoms with Crippen LogP contribution in [0.4, 0.5) is 4.79 Å². The molecule has 2 aromatic rings. The van der Waals surface area contributed by atoms with E-state index >= 15 is 0 Å². The summed E-state index contributed by atoms with van der Waals surface area (Å²) in [5.41, 5.74) is 6.84. The Labute approximate surface area is 172 Å². The molecule has 0 fully saturated rings. The van der Waals surface area contributed by atoms with Gasteiger partial charge in [0.2, 0.25) is 0 Å². The lowest BCUT2D eigenvalue weighted by atomic mass is 10.1. The van der Waals surface area contributed by atoms with Crippen LogP contribution in [0.25, 0.3) is 0 Å². The predicted octanol–water partition coefficient (Wildman–Crippen LogP) is 3.66. The van der Waals surface area contributed by atoms with Crippen LogP contribution in [-0.4, -0.2) is 24.9 Å². The van der Waals surface area contributed by atoms with Crippen LogP contribution in [0.2, 0.25) is 0 Å². The molecule has 0 bridgehead atoms. The van der Waals surface area contributed by atoms with E-state index in [0.717, 1.165) is 6.42 Å². The number of nitrogens with zero attached hydrogens (tertiary/aromatic N) is 1. The van der Waals surface area contributed by atoms with Crippen LogP contribution in [0.3, 0.4) is 0 Å². The normalized spacial score (nSPS) is 9.14. The average Bonchev–Trinajstić information content (AvgIpc) is 2.74. The summed E-state index contributed by atoms with van der Waals surface area (Å²) in [6.45, 7) is 4.87. The van der Waals surface area contributed by atoms with Crippen molar-refractivity contribution in [2.45, 2.75) is 39.8 Å². The summed E-state index contributed by atoms with van der Waals surface area (Å²) in [5, 5.41) is 2.76. The zero-order valence-electron chi connectivity index (χ0n) is 16.9. The van der Waals surface area contributed by atoms with Gasteiger partial charge in [0.15, 0.2) is 12.4 Å². The molecule has 1 heterocycles. The van der Waals surface area contributed by atoms with Gasteiger partial charge in [-0.05, 0) is 18.4 Å². The molecule has 2 amide bonds. The van der Waals surface area contributed by atoms with Crippen molar-refractivity contribution < 1.29 is 18.9 Å². The number of amides is 2. The Kier molecular flexibility index (Phi) is 15.0. The molecule has 1 aromatic carbocycles. The number of benzene rings is 1. The van der Waals surface area contributed by atoms with Gasteiger partial charge in [-0.3, -0.25) is 4.79 Å². The van der Waals surface area contributed by atoms with Crippen molar-refractivity contribution in [1.29, 1.82) is 0 Å². The highest BCUT2D eigenvalue weighted by Gasteiger charge is 2.08. The lowest BCUT2D eigenvalue weighted by Crippen LogP contribution is -2.37. The first-order chi connectivity index (χ1) is 13.6. The van der Waals surface area contributed by atoms with Crippen molar-refractivity contribution in [3.05, 3.63) is 66.0 Å². The van der Waals surface area contributed by atoms with Crippen molar-refractivity contribution in [2.24, 2.45) is 5.73 Å². The third kappa shape index (κ3) is 11.9. The molecule has 0 saturated heterocycles. The molecule has 2 rings (SSSR count). The highest BCUT2D eigenvalue weighted by molar-refractivity contribution is 6.15. The number of primary amides is 1. The summed E-state index contributed by atoms with van der Waals surface area (Å²) in [5.74, 6) is -0.116. The van der Waals surface area contributed by atoms with Gasteiger partial charge in [0.1, 0.15) is 0 Å². The second-order valence-corrected chi connectivity index (χ2v) is 5.69. The van der Waals surface area contributed by atoms with E-state index in [4.69, 9.17) is 5.73 Å². The molecule has 0 spiro atoms. The first kappa shape index (κ1) is 25.4. The topological polar surface area (TPSA) is 85.3 Å². The van der Waals surface area contributed by atoms with Crippen LogP contribution in [0, 0.1) is 0 Å². The van der Waals surface area contributed by atoms with E-state index < -0.39 is 6.09 Å². The minimum atomic E-state index is -0.831. The fraction of sp³-hybridized carbons (Fsp3) is 0.381. The van der Waals surface area contributed by atoms with Crippen molar-refractivity contribution in [1.82, 2.24) is 5.32 Å². The molecule has 0 atom stereocenters. The zero-order valence-corrected chi connectivity index (χ0v) is 17.6. The van der Waals surface area contributed by atoms with Gasteiger partial charge in [-0.15, -0.1) is 11.6 Å². The number of ether oxygens (including phenoxy) is 1. The SMILES string of the molecule is CCCNC(=O)c1cc[n+](COC(N)=O)cc1.CCCc1ccccc1.CCl. The minimum absolute atomic E-state index is 0.0339. The second-order valence-electron chi connectivity index (χ2n) is 5.69. The van der Waals surface area contributed by atoms with E-state index in [2.05, 4.69) is 58.9 Å². The number of nitrogens with two attached hydrogens (primary N) is 1. The Morgan fingerprint density at radius 2 is 1.64 bits per heavy atom. The number of aryl methyl sites for hydroxylation is 1. The predicted molar refractivity (Wildman–Crippen MR) is 112 cm³/mol. The maximum absolute atomic E-state index is 11.6. The number of aromatic nitrogens is 1. The molecule has 0 aliphatic carbocycles. The maximum Gasteiger partial charge on any atom is 0.409 e. The summed E-state index contributed by atoms with van der Waals surface area (Å²) in [6.07, 6.45) is 7.27. The number of halogens is 1. The quantitative estimate of drug-likeness (QED) is 0.541. The Morgan fingerprint density at radius 1 is 1.04 bits per heavy atom. The van der Waals surface area contributed by atoms with Gasteiger partial charge in [-0.1, -0.05) is 50.6 Å². The number of nitrogens with one attached hydrogen (secondary N) is 1. The van der Waals surface area contributed by atoms with Crippen LogP contribution in [0.5, 0.6) is 0 Å². The first-order valence-corrected chi connectivity index (χ1v) is 9.93. The van der Waals surface area contributed by atoms with Crippen molar-refractivity contribution >= 4 is 23.6 Å². The molecule has 3 N–H and O–H groups in total. The summed E-state index contributed by atoms with van der Waals surface area (Å²) in [4.78, 5) is 21.9. The van der Waals surface area contributed by atoms with Gasteiger partial charge >= 0.3 is 6.09 Å². The van der Waals surface area contributed by atoms with Gasteiger partial charge in [0, 0.05) is 25.1 Å². The number of alkyl halides is 1. The molecule has 0 saturated carbocycles. The van der Waals surface area contributed by atoms with Crippen LogP contribution < -0.4 is 15.6 Å². The average molecular weight is 409 g/mol. The fourth-order valence-electron chi connectivity index (χ4n) is 2.11. The smallest absolute Gasteiger partial charge is 0.389 e. The fourth-order valence-corrected chi connectivity index (χ4v) is 2.11. The van der Waals surface area contributed by atoms with Crippen LogP contribution in [0.1, 0.15) is 42.6 Å². The number of carbonyl (C=O) groups excluding carboxylic acids is 2. The molecule has 0 unspecified atom stereocenters. The Bertz CT molecular complexity index is 664. The Balaban J connectivity index is 0.000000556. The minimum Gasteiger partial charge on any atom is -0.389 e. The zero-order chi connectivity index (χ0) is 21.2. The van der Waals surface area contributed by atoms with E-state index in [1.54, 1.807) is 29.1 Å². The van der Waals surface area contributed by atoms with Gasteiger partial charge in [0.05, 0.1) is 5.56 Å². The van der Waals surface area contributed by atoms with Gasteiger partial charge in [0.25, 0.3) is 12.6 Å².